The SMILES string of the molecule is CCCC(C)(N)C(=O)Cc1ccn(C(C)C)n1. The van der Waals surface area contributed by atoms with Gasteiger partial charge in [-0.1, -0.05) is 13.3 Å². The van der Waals surface area contributed by atoms with Gasteiger partial charge in [0.05, 0.1) is 17.7 Å². The van der Waals surface area contributed by atoms with Gasteiger partial charge in [0.25, 0.3) is 0 Å². The zero-order valence-electron chi connectivity index (χ0n) is 11.2. The molecule has 0 aliphatic carbocycles. The molecule has 4 nitrogen and oxygen atoms in total. The topological polar surface area (TPSA) is 60.9 Å². The van der Waals surface area contributed by atoms with E-state index in [1.807, 2.05) is 23.9 Å². The van der Waals surface area contributed by atoms with E-state index in [4.69, 9.17) is 5.73 Å². The molecule has 17 heavy (non-hydrogen) atoms. The standard InChI is InChI=1S/C13H23N3O/c1-5-7-13(4,14)12(17)9-11-6-8-16(15-11)10(2)3/h6,8,10H,5,7,9,14H2,1-4H3. The predicted octanol–water partition coefficient (Wildman–Crippen LogP) is 2.09. The van der Waals surface area contributed by atoms with Gasteiger partial charge in [-0.3, -0.25) is 9.48 Å². The lowest BCUT2D eigenvalue weighted by Gasteiger charge is -2.21. The molecule has 0 aliphatic heterocycles. The molecule has 0 amide bonds. The van der Waals surface area contributed by atoms with Crippen molar-refractivity contribution in [3.05, 3.63) is 18.0 Å². The summed E-state index contributed by atoms with van der Waals surface area (Å²) in [6.07, 6.45) is 3.86. The van der Waals surface area contributed by atoms with Crippen molar-refractivity contribution < 1.29 is 4.79 Å². The Bertz CT molecular complexity index is 380. The Kier molecular flexibility index (Phi) is 4.46. The molecule has 0 saturated heterocycles. The first-order valence-corrected chi connectivity index (χ1v) is 6.23. The van der Waals surface area contributed by atoms with Crippen LogP contribution in [0.1, 0.15) is 52.3 Å². The Hall–Kier alpha value is -1.16. The molecule has 1 atom stereocenters. The third-order valence-electron chi connectivity index (χ3n) is 2.94. The lowest BCUT2D eigenvalue weighted by molar-refractivity contribution is -0.123. The molecular weight excluding hydrogens is 214 g/mol. The van der Waals surface area contributed by atoms with Crippen LogP contribution in [0.4, 0.5) is 0 Å². The summed E-state index contributed by atoms with van der Waals surface area (Å²) < 4.78 is 1.86. The van der Waals surface area contributed by atoms with Crippen LogP contribution < -0.4 is 5.73 Å². The van der Waals surface area contributed by atoms with Crippen molar-refractivity contribution in [2.45, 2.75) is 58.5 Å². The van der Waals surface area contributed by atoms with Gasteiger partial charge in [-0.25, -0.2) is 0 Å². The largest absolute Gasteiger partial charge is 0.319 e. The monoisotopic (exact) mass is 237 g/mol. The minimum Gasteiger partial charge on any atom is -0.319 e. The number of hydrogen-bond donors (Lipinski definition) is 1. The second kappa shape index (κ2) is 5.45. The smallest absolute Gasteiger partial charge is 0.158 e. The summed E-state index contributed by atoms with van der Waals surface area (Å²) in [6.45, 7) is 7.95. The molecule has 0 fully saturated rings. The second-order valence-electron chi connectivity index (χ2n) is 5.15. The fourth-order valence-electron chi connectivity index (χ4n) is 1.78. The molecule has 4 heteroatoms. The third kappa shape index (κ3) is 3.66. The quantitative estimate of drug-likeness (QED) is 0.824. The van der Waals surface area contributed by atoms with Crippen LogP contribution in [-0.2, 0) is 11.2 Å². The summed E-state index contributed by atoms with van der Waals surface area (Å²) in [4.78, 5) is 12.0. The molecule has 1 aromatic rings. The van der Waals surface area contributed by atoms with E-state index in [0.29, 0.717) is 12.5 Å². The summed E-state index contributed by atoms with van der Waals surface area (Å²) in [6, 6.07) is 2.21. The number of nitrogens with zero attached hydrogens (tertiary/aromatic N) is 2. The van der Waals surface area contributed by atoms with Gasteiger partial charge in [0, 0.05) is 12.2 Å². The fraction of sp³-hybridized carbons (Fsp3) is 0.692. The maximum atomic E-state index is 12.0. The van der Waals surface area contributed by atoms with E-state index in [-0.39, 0.29) is 5.78 Å². The molecule has 1 rings (SSSR count). The van der Waals surface area contributed by atoms with Gasteiger partial charge in [-0.15, -0.1) is 0 Å². The Morgan fingerprint density at radius 1 is 1.59 bits per heavy atom. The van der Waals surface area contributed by atoms with E-state index in [1.165, 1.54) is 0 Å². The van der Waals surface area contributed by atoms with Crippen molar-refractivity contribution in [2.24, 2.45) is 5.73 Å². The first kappa shape index (κ1) is 13.9. The van der Waals surface area contributed by atoms with Crippen molar-refractivity contribution >= 4 is 5.78 Å². The average molecular weight is 237 g/mol. The number of Topliss-reactive ketones (excluding diaryl/α,β-unsaturated/α-hetero) is 1. The highest BCUT2D eigenvalue weighted by molar-refractivity contribution is 5.89. The van der Waals surface area contributed by atoms with E-state index >= 15 is 0 Å². The molecule has 1 heterocycles. The van der Waals surface area contributed by atoms with Crippen LogP contribution in [0.25, 0.3) is 0 Å². The number of rotatable bonds is 6. The van der Waals surface area contributed by atoms with Crippen molar-refractivity contribution in [3.63, 3.8) is 0 Å². The summed E-state index contributed by atoms with van der Waals surface area (Å²) >= 11 is 0. The highest BCUT2D eigenvalue weighted by Gasteiger charge is 2.27. The minimum atomic E-state index is -0.726. The van der Waals surface area contributed by atoms with Crippen LogP contribution in [0, 0.1) is 0 Å². The van der Waals surface area contributed by atoms with E-state index in [1.54, 1.807) is 6.92 Å². The van der Waals surface area contributed by atoms with Crippen molar-refractivity contribution in [2.75, 3.05) is 0 Å². The summed E-state index contributed by atoms with van der Waals surface area (Å²) in [5.41, 5.74) is 6.08. The zero-order valence-corrected chi connectivity index (χ0v) is 11.2. The van der Waals surface area contributed by atoms with Gasteiger partial charge in [0.15, 0.2) is 5.78 Å². The van der Waals surface area contributed by atoms with Gasteiger partial charge in [0.2, 0.25) is 0 Å². The first-order chi connectivity index (χ1) is 7.86. The Morgan fingerprint density at radius 3 is 2.71 bits per heavy atom. The van der Waals surface area contributed by atoms with Gasteiger partial charge in [-0.2, -0.15) is 5.10 Å². The molecule has 0 aromatic carbocycles. The zero-order chi connectivity index (χ0) is 13.1. The summed E-state index contributed by atoms with van der Waals surface area (Å²) in [7, 11) is 0. The molecule has 0 saturated carbocycles. The predicted molar refractivity (Wildman–Crippen MR) is 68.8 cm³/mol. The minimum absolute atomic E-state index is 0.0633. The van der Waals surface area contributed by atoms with Crippen LogP contribution in [-0.4, -0.2) is 21.1 Å². The van der Waals surface area contributed by atoms with Crippen LogP contribution >= 0.6 is 0 Å². The van der Waals surface area contributed by atoms with Crippen molar-refractivity contribution in [1.82, 2.24) is 9.78 Å². The molecule has 96 valence electrons. The molecule has 0 aliphatic rings. The van der Waals surface area contributed by atoms with Crippen molar-refractivity contribution in [3.8, 4) is 0 Å². The number of hydrogen-bond acceptors (Lipinski definition) is 3. The molecule has 0 radical (unpaired) electrons. The Balaban J connectivity index is 2.67. The van der Waals surface area contributed by atoms with Gasteiger partial charge >= 0.3 is 0 Å². The number of carbonyl (C=O) groups is 1. The van der Waals surface area contributed by atoms with Gasteiger partial charge in [0.1, 0.15) is 0 Å². The van der Waals surface area contributed by atoms with E-state index in [0.717, 1.165) is 18.5 Å². The second-order valence-corrected chi connectivity index (χ2v) is 5.15. The number of carbonyl (C=O) groups excluding carboxylic acids is 1. The van der Waals surface area contributed by atoms with Crippen molar-refractivity contribution in [1.29, 1.82) is 0 Å². The van der Waals surface area contributed by atoms with E-state index in [2.05, 4.69) is 18.9 Å². The molecule has 0 bridgehead atoms. The molecule has 0 spiro atoms. The number of ketones is 1. The molecule has 1 unspecified atom stereocenters. The molecule has 2 N–H and O–H groups in total. The summed E-state index contributed by atoms with van der Waals surface area (Å²) in [5.74, 6) is 0.0633. The molecule has 1 aromatic heterocycles. The first-order valence-electron chi connectivity index (χ1n) is 6.23. The van der Waals surface area contributed by atoms with E-state index < -0.39 is 5.54 Å². The number of nitrogens with two attached hydrogens (primary N) is 1. The maximum Gasteiger partial charge on any atom is 0.158 e. The van der Waals surface area contributed by atoms with Crippen LogP contribution in [0.3, 0.4) is 0 Å². The highest BCUT2D eigenvalue weighted by atomic mass is 16.1. The lowest BCUT2D eigenvalue weighted by Crippen LogP contribution is -2.45. The maximum absolute atomic E-state index is 12.0. The Labute approximate surface area is 103 Å². The van der Waals surface area contributed by atoms with Crippen LogP contribution in [0.5, 0.6) is 0 Å². The average Bonchev–Trinajstić information content (AvgIpc) is 2.66. The van der Waals surface area contributed by atoms with Crippen LogP contribution in [0.15, 0.2) is 12.3 Å². The normalized spacial score (nSPS) is 14.9. The lowest BCUT2D eigenvalue weighted by atomic mass is 9.90. The third-order valence-corrected chi connectivity index (χ3v) is 2.94. The van der Waals surface area contributed by atoms with Gasteiger partial charge < -0.3 is 5.73 Å². The highest BCUT2D eigenvalue weighted by Crippen LogP contribution is 2.13. The fourth-order valence-corrected chi connectivity index (χ4v) is 1.78. The molecular formula is C13H23N3O. The van der Waals surface area contributed by atoms with E-state index in [9.17, 15) is 4.79 Å². The van der Waals surface area contributed by atoms with Crippen LogP contribution in [0.2, 0.25) is 0 Å². The number of aromatic nitrogens is 2. The van der Waals surface area contributed by atoms with Gasteiger partial charge in [-0.05, 0) is 33.3 Å². The summed E-state index contributed by atoms with van der Waals surface area (Å²) in [5, 5.41) is 4.36. The Morgan fingerprint density at radius 2 is 2.24 bits per heavy atom.